The third-order valence-corrected chi connectivity index (χ3v) is 9.73. The van der Waals surface area contributed by atoms with Crippen molar-refractivity contribution in [1.82, 2.24) is 0 Å². The van der Waals surface area contributed by atoms with Crippen molar-refractivity contribution in [2.75, 3.05) is 0 Å². The van der Waals surface area contributed by atoms with Crippen LogP contribution in [0.5, 0.6) is 0 Å². The number of esters is 1. The molecule has 5 heteroatoms. The molecule has 6 rings (SSSR count). The van der Waals surface area contributed by atoms with E-state index in [0.717, 1.165) is 51.2 Å². The van der Waals surface area contributed by atoms with Crippen LogP contribution in [-0.4, -0.2) is 29.6 Å². The summed E-state index contributed by atoms with van der Waals surface area (Å²) < 4.78 is 5.57. The number of carbonyl (C=O) groups is 2. The van der Waals surface area contributed by atoms with E-state index >= 15 is 0 Å². The van der Waals surface area contributed by atoms with Gasteiger partial charge in [-0.3, -0.25) is 4.79 Å². The Kier molecular flexibility index (Phi) is 4.20. The molecule has 4 aliphatic carbocycles. The molecule has 8 atom stereocenters. The minimum atomic E-state index is -0.402. The standard InChI is InChI=1S/C24H34O5/c1-15(14-25)18-5-6-19-21(18,3)9-8-20-22(4)10-7-17(27-16(2)26)13-23(22)11-12-24(19,20)29-28-23/h8,14-15,17-19H,5-7,9-13H2,1-4H3/t15?,17?,18?,19?,21?,22?,23-,24+/m1/s1. The Morgan fingerprint density at radius 2 is 2.00 bits per heavy atom. The molecule has 2 heterocycles. The van der Waals surface area contributed by atoms with Crippen molar-refractivity contribution in [3.63, 3.8) is 0 Å². The van der Waals surface area contributed by atoms with Crippen LogP contribution < -0.4 is 0 Å². The zero-order valence-corrected chi connectivity index (χ0v) is 18.2. The van der Waals surface area contributed by atoms with Crippen molar-refractivity contribution in [2.45, 2.75) is 96.4 Å². The molecule has 2 saturated heterocycles. The van der Waals surface area contributed by atoms with Gasteiger partial charge in [-0.2, -0.15) is 0 Å². The van der Waals surface area contributed by atoms with Gasteiger partial charge in [0.25, 0.3) is 0 Å². The van der Waals surface area contributed by atoms with Gasteiger partial charge in [0, 0.05) is 30.6 Å². The van der Waals surface area contributed by atoms with E-state index in [4.69, 9.17) is 14.5 Å². The Balaban J connectivity index is 1.52. The molecule has 6 aliphatic rings. The molecule has 29 heavy (non-hydrogen) atoms. The lowest BCUT2D eigenvalue weighted by Crippen LogP contribution is -2.71. The molecule has 2 bridgehead atoms. The Morgan fingerprint density at radius 3 is 2.66 bits per heavy atom. The van der Waals surface area contributed by atoms with Gasteiger partial charge in [0.15, 0.2) is 0 Å². The lowest BCUT2D eigenvalue weighted by Gasteiger charge is -2.69. The molecular weight excluding hydrogens is 368 g/mol. The van der Waals surface area contributed by atoms with Crippen LogP contribution in [-0.2, 0) is 24.1 Å². The molecule has 160 valence electrons. The third kappa shape index (κ3) is 2.35. The molecule has 0 amide bonds. The smallest absolute Gasteiger partial charge is 0.302 e. The Hall–Kier alpha value is -1.20. The second-order valence-electron chi connectivity index (χ2n) is 10.9. The van der Waals surface area contributed by atoms with Crippen molar-refractivity contribution in [1.29, 1.82) is 0 Å². The van der Waals surface area contributed by atoms with Crippen LogP contribution >= 0.6 is 0 Å². The first kappa shape index (κ1) is 19.7. The fourth-order valence-corrected chi connectivity index (χ4v) is 8.29. The van der Waals surface area contributed by atoms with Crippen LogP contribution in [0, 0.1) is 28.6 Å². The van der Waals surface area contributed by atoms with Crippen molar-refractivity contribution < 1.29 is 24.1 Å². The molecule has 6 unspecified atom stereocenters. The Labute approximate surface area is 173 Å². The second-order valence-corrected chi connectivity index (χ2v) is 10.9. The summed E-state index contributed by atoms with van der Waals surface area (Å²) in [6, 6.07) is 0. The number of rotatable bonds is 3. The van der Waals surface area contributed by atoms with E-state index < -0.39 is 5.60 Å². The minimum absolute atomic E-state index is 0.0736. The van der Waals surface area contributed by atoms with Crippen molar-refractivity contribution in [2.24, 2.45) is 28.6 Å². The molecule has 5 fully saturated rings. The highest BCUT2D eigenvalue weighted by Gasteiger charge is 2.73. The molecule has 0 N–H and O–H groups in total. The topological polar surface area (TPSA) is 61.8 Å². The summed E-state index contributed by atoms with van der Waals surface area (Å²) in [5.41, 5.74) is 0.687. The summed E-state index contributed by atoms with van der Waals surface area (Å²) in [7, 11) is 0. The predicted octanol–water partition coefficient (Wildman–Crippen LogP) is 4.54. The summed E-state index contributed by atoms with van der Waals surface area (Å²) in [6.07, 6.45) is 11.1. The zero-order valence-electron chi connectivity index (χ0n) is 18.2. The average molecular weight is 403 g/mol. The summed E-state index contributed by atoms with van der Waals surface area (Å²) in [5, 5.41) is 0. The molecule has 0 radical (unpaired) electrons. The molecule has 2 aliphatic heterocycles. The van der Waals surface area contributed by atoms with Gasteiger partial charge in [0.2, 0.25) is 0 Å². The van der Waals surface area contributed by atoms with E-state index in [1.54, 1.807) is 0 Å². The van der Waals surface area contributed by atoms with Gasteiger partial charge in [0.1, 0.15) is 23.6 Å². The number of fused-ring (bicyclic) bond motifs is 3. The lowest BCUT2D eigenvalue weighted by atomic mass is 9.44. The van der Waals surface area contributed by atoms with Crippen LogP contribution in [0.4, 0.5) is 0 Å². The van der Waals surface area contributed by atoms with Gasteiger partial charge >= 0.3 is 5.97 Å². The molecule has 0 aromatic carbocycles. The van der Waals surface area contributed by atoms with Gasteiger partial charge in [-0.15, -0.1) is 0 Å². The fraction of sp³-hybridized carbons (Fsp3) is 0.833. The monoisotopic (exact) mass is 402 g/mol. The van der Waals surface area contributed by atoms with Gasteiger partial charge in [0.05, 0.1) is 0 Å². The maximum atomic E-state index is 11.6. The van der Waals surface area contributed by atoms with Crippen LogP contribution in [0.15, 0.2) is 11.6 Å². The van der Waals surface area contributed by atoms with Crippen LogP contribution in [0.3, 0.4) is 0 Å². The Bertz CT molecular complexity index is 763. The maximum absolute atomic E-state index is 11.6. The highest BCUT2D eigenvalue weighted by molar-refractivity contribution is 5.66. The van der Waals surface area contributed by atoms with E-state index in [1.807, 2.05) is 0 Å². The summed E-state index contributed by atoms with van der Waals surface area (Å²) in [4.78, 5) is 35.8. The van der Waals surface area contributed by atoms with Crippen molar-refractivity contribution in [3.8, 4) is 0 Å². The predicted molar refractivity (Wildman–Crippen MR) is 107 cm³/mol. The van der Waals surface area contributed by atoms with Crippen LogP contribution in [0.1, 0.15) is 79.1 Å². The maximum Gasteiger partial charge on any atom is 0.302 e. The number of carbonyl (C=O) groups excluding carboxylic acids is 2. The number of ether oxygens (including phenoxy) is 1. The molecule has 2 spiro atoms. The first-order chi connectivity index (χ1) is 13.7. The molecule has 5 nitrogen and oxygen atoms in total. The van der Waals surface area contributed by atoms with Gasteiger partial charge in [-0.05, 0) is 61.9 Å². The quantitative estimate of drug-likeness (QED) is 0.300. The molecule has 0 aromatic heterocycles. The Morgan fingerprint density at radius 1 is 1.21 bits per heavy atom. The normalized spacial score (nSPS) is 51.3. The van der Waals surface area contributed by atoms with E-state index in [2.05, 4.69) is 26.8 Å². The third-order valence-electron chi connectivity index (χ3n) is 9.73. The summed E-state index contributed by atoms with van der Waals surface area (Å²) >= 11 is 0. The summed E-state index contributed by atoms with van der Waals surface area (Å²) in [6.45, 7) is 8.28. The van der Waals surface area contributed by atoms with Gasteiger partial charge in [-0.25, -0.2) is 9.78 Å². The zero-order chi connectivity index (χ0) is 20.7. The SMILES string of the molecule is CC(=O)OC1CCC2(C)C3=CCC4(C)C(C(C)C=O)CCC4[C@@]34CC[C@]2(C1)OO4. The van der Waals surface area contributed by atoms with E-state index in [1.165, 1.54) is 12.5 Å². The van der Waals surface area contributed by atoms with E-state index in [9.17, 15) is 9.59 Å². The van der Waals surface area contributed by atoms with E-state index in [-0.39, 0.29) is 34.4 Å². The average Bonchev–Trinajstić information content (AvgIpc) is 3.05. The van der Waals surface area contributed by atoms with Gasteiger partial charge in [-0.1, -0.05) is 26.8 Å². The lowest BCUT2D eigenvalue weighted by molar-refractivity contribution is -0.494. The number of hydrogen-bond donors (Lipinski definition) is 0. The first-order valence-electron chi connectivity index (χ1n) is 11.4. The van der Waals surface area contributed by atoms with Gasteiger partial charge < -0.3 is 9.53 Å². The molecule has 3 saturated carbocycles. The van der Waals surface area contributed by atoms with Crippen LogP contribution in [0.2, 0.25) is 0 Å². The number of allylic oxidation sites excluding steroid dienone is 1. The summed E-state index contributed by atoms with van der Waals surface area (Å²) in [5.74, 6) is 0.662. The highest BCUT2D eigenvalue weighted by atomic mass is 17.2. The number of aldehydes is 1. The first-order valence-corrected chi connectivity index (χ1v) is 11.4. The van der Waals surface area contributed by atoms with E-state index in [0.29, 0.717) is 18.3 Å². The second kappa shape index (κ2) is 6.16. The largest absolute Gasteiger partial charge is 0.462 e. The van der Waals surface area contributed by atoms with Crippen molar-refractivity contribution in [3.05, 3.63) is 11.6 Å². The molecular formula is C24H34O5. The van der Waals surface area contributed by atoms with Crippen molar-refractivity contribution >= 4 is 12.3 Å². The minimum Gasteiger partial charge on any atom is -0.462 e. The highest BCUT2D eigenvalue weighted by Crippen LogP contribution is 2.73. The fourth-order valence-electron chi connectivity index (χ4n) is 8.29. The molecule has 0 aromatic rings. The number of hydrogen-bond acceptors (Lipinski definition) is 5. The van der Waals surface area contributed by atoms with Crippen LogP contribution in [0.25, 0.3) is 0 Å².